The summed E-state index contributed by atoms with van der Waals surface area (Å²) >= 11 is 4.93. The summed E-state index contributed by atoms with van der Waals surface area (Å²) in [6.07, 6.45) is 0.512. The summed E-state index contributed by atoms with van der Waals surface area (Å²) in [5.74, 6) is 0.133. The molecule has 0 aromatic carbocycles. The van der Waals surface area contributed by atoms with E-state index in [2.05, 4.69) is 0 Å². The first-order valence-electron chi connectivity index (χ1n) is 5.00. The zero-order valence-electron chi connectivity index (χ0n) is 9.02. The molecule has 1 aliphatic carbocycles. The third kappa shape index (κ3) is 2.32. The molecule has 2 atom stereocenters. The number of nitrogens with two attached hydrogens (primary N) is 1. The van der Waals surface area contributed by atoms with E-state index in [4.69, 9.17) is 22.7 Å². The molecule has 15 heavy (non-hydrogen) atoms. The zero-order chi connectivity index (χ0) is 11.7. The molecule has 6 heteroatoms. The van der Waals surface area contributed by atoms with E-state index < -0.39 is 20.5 Å². The summed E-state index contributed by atoms with van der Waals surface area (Å²) < 4.78 is 28.6. The van der Waals surface area contributed by atoms with Gasteiger partial charge in [0.25, 0.3) is 0 Å². The first-order chi connectivity index (χ1) is 6.90. The van der Waals surface area contributed by atoms with Crippen LogP contribution < -0.4 is 5.73 Å². The summed E-state index contributed by atoms with van der Waals surface area (Å²) in [5.41, 5.74) is 5.01. The average Bonchev–Trinajstić information content (AvgIpc) is 2.91. The predicted molar refractivity (Wildman–Crippen MR) is 63.6 cm³/mol. The average molecular weight is 251 g/mol. The Morgan fingerprint density at radius 1 is 1.60 bits per heavy atom. The van der Waals surface area contributed by atoms with E-state index in [9.17, 15) is 8.42 Å². The van der Waals surface area contributed by atoms with Crippen molar-refractivity contribution in [3.63, 3.8) is 0 Å². The molecule has 0 aromatic rings. The van der Waals surface area contributed by atoms with Crippen molar-refractivity contribution in [1.82, 2.24) is 0 Å². The van der Waals surface area contributed by atoms with Crippen LogP contribution >= 0.6 is 12.2 Å². The quantitative estimate of drug-likeness (QED) is 0.696. The molecule has 1 fully saturated rings. The van der Waals surface area contributed by atoms with Gasteiger partial charge in [-0.1, -0.05) is 19.1 Å². The standard InChI is InChI=1S/C9H17NO3S2/c1-3-13-6-9(8(10)14)5-7(9)15(11,12)4-2/h7H,3-6H2,1-2H3,(H2,10,14)/t7-,9-/m1/s1. The van der Waals surface area contributed by atoms with Gasteiger partial charge < -0.3 is 10.5 Å². The molecule has 0 heterocycles. The van der Waals surface area contributed by atoms with E-state index in [1.54, 1.807) is 6.92 Å². The van der Waals surface area contributed by atoms with Gasteiger partial charge in [0.15, 0.2) is 9.84 Å². The van der Waals surface area contributed by atoms with Crippen LogP contribution in [-0.4, -0.2) is 37.6 Å². The number of hydrogen-bond acceptors (Lipinski definition) is 4. The number of sulfone groups is 1. The van der Waals surface area contributed by atoms with Crippen LogP contribution in [0.3, 0.4) is 0 Å². The molecular weight excluding hydrogens is 234 g/mol. The van der Waals surface area contributed by atoms with Crippen LogP contribution in [0.5, 0.6) is 0 Å². The molecule has 0 amide bonds. The van der Waals surface area contributed by atoms with Gasteiger partial charge in [0.2, 0.25) is 0 Å². The van der Waals surface area contributed by atoms with Gasteiger partial charge in [-0.05, 0) is 13.3 Å². The van der Waals surface area contributed by atoms with Crippen molar-refractivity contribution in [2.45, 2.75) is 25.5 Å². The zero-order valence-corrected chi connectivity index (χ0v) is 10.7. The fraction of sp³-hybridized carbons (Fsp3) is 0.889. The molecule has 0 radical (unpaired) electrons. The van der Waals surface area contributed by atoms with Crippen LogP contribution in [0, 0.1) is 5.41 Å². The van der Waals surface area contributed by atoms with Crippen LogP contribution in [0.25, 0.3) is 0 Å². The Kier molecular flexibility index (Phi) is 3.73. The number of ether oxygens (including phenoxy) is 1. The molecule has 4 nitrogen and oxygen atoms in total. The summed E-state index contributed by atoms with van der Waals surface area (Å²) in [4.78, 5) is 0.262. The summed E-state index contributed by atoms with van der Waals surface area (Å²) in [7, 11) is -3.06. The molecule has 0 bridgehead atoms. The first-order valence-corrected chi connectivity index (χ1v) is 7.12. The molecule has 2 N–H and O–H groups in total. The highest BCUT2D eigenvalue weighted by atomic mass is 32.2. The van der Waals surface area contributed by atoms with Crippen molar-refractivity contribution in [2.24, 2.45) is 11.1 Å². The van der Waals surface area contributed by atoms with E-state index in [0.717, 1.165) is 0 Å². The van der Waals surface area contributed by atoms with Crippen LogP contribution in [0.4, 0.5) is 0 Å². The van der Waals surface area contributed by atoms with Crippen molar-refractivity contribution in [2.75, 3.05) is 19.0 Å². The van der Waals surface area contributed by atoms with Gasteiger partial charge in [-0.25, -0.2) is 8.42 Å². The molecular formula is C9H17NO3S2. The molecule has 0 unspecified atom stereocenters. The van der Waals surface area contributed by atoms with Gasteiger partial charge in [0.05, 0.1) is 22.3 Å². The topological polar surface area (TPSA) is 69.4 Å². The molecule has 0 aromatic heterocycles. The van der Waals surface area contributed by atoms with Crippen molar-refractivity contribution in [1.29, 1.82) is 0 Å². The fourth-order valence-corrected chi connectivity index (χ4v) is 3.91. The number of hydrogen-bond donors (Lipinski definition) is 1. The maximum atomic E-state index is 11.7. The number of rotatable bonds is 6. The van der Waals surface area contributed by atoms with Crippen LogP contribution in [0.1, 0.15) is 20.3 Å². The minimum atomic E-state index is -3.06. The van der Waals surface area contributed by atoms with Crippen LogP contribution in [-0.2, 0) is 14.6 Å². The van der Waals surface area contributed by atoms with Crippen LogP contribution in [0.15, 0.2) is 0 Å². The molecule has 1 saturated carbocycles. The van der Waals surface area contributed by atoms with Crippen molar-refractivity contribution < 1.29 is 13.2 Å². The molecule has 0 aliphatic heterocycles. The Hall–Kier alpha value is -0.200. The van der Waals surface area contributed by atoms with Gasteiger partial charge in [-0.3, -0.25) is 0 Å². The lowest BCUT2D eigenvalue weighted by molar-refractivity contribution is 0.123. The van der Waals surface area contributed by atoms with Gasteiger partial charge in [-0.2, -0.15) is 0 Å². The third-order valence-electron chi connectivity index (χ3n) is 2.90. The minimum Gasteiger partial charge on any atom is -0.393 e. The van der Waals surface area contributed by atoms with E-state index >= 15 is 0 Å². The fourth-order valence-electron chi connectivity index (χ4n) is 1.71. The molecule has 88 valence electrons. The summed E-state index contributed by atoms with van der Waals surface area (Å²) in [6.45, 7) is 4.36. The SMILES string of the molecule is CCOC[C@]1(C(N)=S)C[C@H]1S(=O)(=O)CC. The lowest BCUT2D eigenvalue weighted by atomic mass is 10.1. The third-order valence-corrected chi connectivity index (χ3v) is 5.59. The molecule has 0 spiro atoms. The highest BCUT2D eigenvalue weighted by molar-refractivity contribution is 7.92. The van der Waals surface area contributed by atoms with Crippen molar-refractivity contribution >= 4 is 27.0 Å². The second kappa shape index (κ2) is 4.35. The van der Waals surface area contributed by atoms with Gasteiger partial charge in [0.1, 0.15) is 0 Å². The van der Waals surface area contributed by atoms with E-state index in [1.807, 2.05) is 6.92 Å². The Morgan fingerprint density at radius 3 is 2.60 bits per heavy atom. The Labute approximate surface area is 96.1 Å². The lowest BCUT2D eigenvalue weighted by Crippen LogP contribution is -2.33. The molecule has 1 rings (SSSR count). The lowest BCUT2D eigenvalue weighted by Gasteiger charge is -2.15. The Balaban J connectivity index is 2.79. The van der Waals surface area contributed by atoms with Crippen molar-refractivity contribution in [3.05, 3.63) is 0 Å². The monoisotopic (exact) mass is 251 g/mol. The largest absolute Gasteiger partial charge is 0.393 e. The highest BCUT2D eigenvalue weighted by Gasteiger charge is 2.62. The molecule has 0 saturated heterocycles. The van der Waals surface area contributed by atoms with Gasteiger partial charge >= 0.3 is 0 Å². The summed E-state index contributed by atoms with van der Waals surface area (Å²) in [6, 6.07) is 0. The Bertz CT molecular complexity index is 352. The minimum absolute atomic E-state index is 0.133. The second-order valence-electron chi connectivity index (χ2n) is 3.80. The summed E-state index contributed by atoms with van der Waals surface area (Å²) in [5, 5.41) is -0.431. The van der Waals surface area contributed by atoms with E-state index in [1.165, 1.54) is 0 Å². The van der Waals surface area contributed by atoms with Crippen LogP contribution in [0.2, 0.25) is 0 Å². The van der Waals surface area contributed by atoms with E-state index in [-0.39, 0.29) is 10.7 Å². The van der Waals surface area contributed by atoms with E-state index in [0.29, 0.717) is 19.6 Å². The van der Waals surface area contributed by atoms with Gasteiger partial charge in [-0.15, -0.1) is 0 Å². The first kappa shape index (κ1) is 12.9. The molecule has 1 aliphatic rings. The Morgan fingerprint density at radius 2 is 2.20 bits per heavy atom. The maximum Gasteiger partial charge on any atom is 0.153 e. The highest BCUT2D eigenvalue weighted by Crippen LogP contribution is 2.51. The van der Waals surface area contributed by atoms with Crippen molar-refractivity contribution in [3.8, 4) is 0 Å². The maximum absolute atomic E-state index is 11.7. The second-order valence-corrected chi connectivity index (χ2v) is 6.71. The predicted octanol–water partition coefficient (Wildman–Crippen LogP) is 0.502. The normalized spacial score (nSPS) is 30.1. The smallest absolute Gasteiger partial charge is 0.153 e. The number of thiocarbonyl (C=S) groups is 1. The van der Waals surface area contributed by atoms with Gasteiger partial charge in [0, 0.05) is 12.4 Å².